The molecule has 1 aliphatic heterocycles. The van der Waals surface area contributed by atoms with Gasteiger partial charge in [-0.1, -0.05) is 48.0 Å². The van der Waals surface area contributed by atoms with E-state index in [-0.39, 0.29) is 0 Å². The van der Waals surface area contributed by atoms with Crippen LogP contribution < -0.4 is 4.90 Å². The molecule has 0 unspecified atom stereocenters. The van der Waals surface area contributed by atoms with Crippen LogP contribution in [0.4, 0.5) is 5.69 Å². The molecule has 1 saturated carbocycles. The van der Waals surface area contributed by atoms with Crippen molar-refractivity contribution in [3.05, 3.63) is 53.6 Å². The summed E-state index contributed by atoms with van der Waals surface area (Å²) >= 11 is 6.64. The van der Waals surface area contributed by atoms with E-state index in [2.05, 4.69) is 47.4 Å². The molecule has 0 amide bonds. The number of ether oxygens (including phenoxy) is 1. The maximum absolute atomic E-state index is 6.64. The maximum Gasteiger partial charge on any atom is 0.0504 e. The quantitative estimate of drug-likeness (QED) is 0.650. The average molecular weight is 356 g/mol. The van der Waals surface area contributed by atoms with Crippen molar-refractivity contribution in [2.45, 2.75) is 38.1 Å². The third-order valence-electron chi connectivity index (χ3n) is 5.48. The van der Waals surface area contributed by atoms with Crippen LogP contribution in [0.3, 0.4) is 0 Å². The summed E-state index contributed by atoms with van der Waals surface area (Å²) in [4.78, 5) is 2.58. The molecule has 25 heavy (non-hydrogen) atoms. The number of hydrogen-bond acceptors (Lipinski definition) is 2. The van der Waals surface area contributed by atoms with E-state index in [0.29, 0.717) is 6.04 Å². The number of rotatable bonds is 6. The van der Waals surface area contributed by atoms with E-state index in [1.807, 2.05) is 6.07 Å². The molecule has 0 atom stereocenters. The summed E-state index contributed by atoms with van der Waals surface area (Å²) in [5, 5.41) is 0.848. The normalized spacial score (nSPS) is 18.3. The molecular weight excluding hydrogens is 330 g/mol. The first-order valence-corrected chi connectivity index (χ1v) is 9.88. The fourth-order valence-corrected chi connectivity index (χ4v) is 4.08. The smallest absolute Gasteiger partial charge is 0.0504 e. The van der Waals surface area contributed by atoms with Crippen molar-refractivity contribution in [1.29, 1.82) is 0 Å². The molecule has 2 aromatic rings. The molecule has 1 aliphatic carbocycles. The zero-order valence-electron chi connectivity index (χ0n) is 14.7. The van der Waals surface area contributed by atoms with E-state index in [0.717, 1.165) is 36.3 Å². The lowest BCUT2D eigenvalue weighted by Crippen LogP contribution is -2.29. The largest absolute Gasteiger partial charge is 0.381 e. The first-order chi connectivity index (χ1) is 12.3. The summed E-state index contributed by atoms with van der Waals surface area (Å²) in [5.41, 5.74) is 3.57. The Hall–Kier alpha value is -1.51. The summed E-state index contributed by atoms with van der Waals surface area (Å²) in [6.45, 7) is 3.01. The van der Waals surface area contributed by atoms with Gasteiger partial charge in [-0.15, -0.1) is 0 Å². The van der Waals surface area contributed by atoms with Gasteiger partial charge in [0.2, 0.25) is 0 Å². The van der Waals surface area contributed by atoms with Crippen molar-refractivity contribution in [1.82, 2.24) is 0 Å². The lowest BCUT2D eigenvalue weighted by molar-refractivity contribution is 0.0644. The Labute approximate surface area is 155 Å². The highest BCUT2D eigenvalue weighted by atomic mass is 35.5. The Kier molecular flexibility index (Phi) is 5.28. The highest BCUT2D eigenvalue weighted by Crippen LogP contribution is 2.37. The van der Waals surface area contributed by atoms with Crippen LogP contribution in [0.25, 0.3) is 11.1 Å². The Balaban J connectivity index is 1.49. The van der Waals surface area contributed by atoms with Crippen molar-refractivity contribution >= 4 is 17.3 Å². The van der Waals surface area contributed by atoms with Gasteiger partial charge in [0.25, 0.3) is 0 Å². The summed E-state index contributed by atoms with van der Waals surface area (Å²) in [7, 11) is 0. The standard InChI is InChI=1S/C22H26ClNO/c23-22-16-20(8-9-21(22)18-4-2-1-3-5-18)24(19-6-7-19)13-10-17-11-14-25-15-12-17/h1-5,8-9,16-17,19H,6-7,10-15H2. The molecule has 0 N–H and O–H groups in total. The summed E-state index contributed by atoms with van der Waals surface area (Å²) in [6.07, 6.45) is 6.31. The minimum Gasteiger partial charge on any atom is -0.381 e. The number of anilines is 1. The van der Waals surface area contributed by atoms with Crippen molar-refractivity contribution in [3.63, 3.8) is 0 Å². The van der Waals surface area contributed by atoms with Gasteiger partial charge in [0, 0.05) is 37.1 Å². The first-order valence-electron chi connectivity index (χ1n) is 9.50. The zero-order chi connectivity index (χ0) is 17.1. The van der Waals surface area contributed by atoms with Crippen LogP contribution in [0, 0.1) is 5.92 Å². The second-order valence-electron chi connectivity index (χ2n) is 7.30. The van der Waals surface area contributed by atoms with Gasteiger partial charge < -0.3 is 9.64 Å². The Morgan fingerprint density at radius 3 is 2.40 bits per heavy atom. The highest BCUT2D eigenvalue weighted by Gasteiger charge is 2.30. The Bertz CT molecular complexity index is 692. The van der Waals surface area contributed by atoms with E-state index < -0.39 is 0 Å². The van der Waals surface area contributed by atoms with Crippen molar-refractivity contribution in [3.8, 4) is 11.1 Å². The Morgan fingerprint density at radius 1 is 0.960 bits per heavy atom. The molecule has 0 spiro atoms. The monoisotopic (exact) mass is 355 g/mol. The summed E-state index contributed by atoms with van der Waals surface area (Å²) in [6, 6.07) is 17.7. The van der Waals surface area contributed by atoms with Gasteiger partial charge in [0.1, 0.15) is 0 Å². The van der Waals surface area contributed by atoms with Crippen LogP contribution in [-0.2, 0) is 4.74 Å². The third-order valence-corrected chi connectivity index (χ3v) is 5.79. The van der Waals surface area contributed by atoms with Gasteiger partial charge in [0.05, 0.1) is 5.02 Å². The predicted octanol–water partition coefficient (Wildman–Crippen LogP) is 5.79. The lowest BCUT2D eigenvalue weighted by atomic mass is 9.96. The number of halogens is 1. The average Bonchev–Trinajstić information content (AvgIpc) is 3.49. The minimum atomic E-state index is 0.707. The highest BCUT2D eigenvalue weighted by molar-refractivity contribution is 6.33. The van der Waals surface area contributed by atoms with Gasteiger partial charge in [-0.2, -0.15) is 0 Å². The third kappa shape index (κ3) is 4.19. The molecule has 132 valence electrons. The fourth-order valence-electron chi connectivity index (χ4n) is 3.80. The van der Waals surface area contributed by atoms with Crippen LogP contribution in [0.15, 0.2) is 48.5 Å². The van der Waals surface area contributed by atoms with Gasteiger partial charge in [-0.05, 0) is 55.7 Å². The number of nitrogens with zero attached hydrogens (tertiary/aromatic N) is 1. The van der Waals surface area contributed by atoms with Crippen LogP contribution in [0.5, 0.6) is 0 Å². The van der Waals surface area contributed by atoms with E-state index >= 15 is 0 Å². The summed E-state index contributed by atoms with van der Waals surface area (Å²) < 4.78 is 5.49. The Morgan fingerprint density at radius 2 is 1.72 bits per heavy atom. The van der Waals surface area contributed by atoms with E-state index in [9.17, 15) is 0 Å². The molecule has 2 fully saturated rings. The minimum absolute atomic E-state index is 0.707. The van der Waals surface area contributed by atoms with Crippen LogP contribution in [0.2, 0.25) is 5.02 Å². The van der Waals surface area contributed by atoms with Crippen molar-refractivity contribution < 1.29 is 4.74 Å². The molecule has 0 radical (unpaired) electrons. The summed E-state index contributed by atoms with van der Waals surface area (Å²) in [5.74, 6) is 0.814. The molecular formula is C22H26ClNO. The molecule has 2 aliphatic rings. The van der Waals surface area contributed by atoms with Crippen LogP contribution in [-0.4, -0.2) is 25.8 Å². The van der Waals surface area contributed by atoms with Crippen LogP contribution >= 0.6 is 11.6 Å². The van der Waals surface area contributed by atoms with Crippen molar-refractivity contribution in [2.24, 2.45) is 5.92 Å². The van der Waals surface area contributed by atoms with Gasteiger partial charge in [0.15, 0.2) is 0 Å². The molecule has 2 nitrogen and oxygen atoms in total. The van der Waals surface area contributed by atoms with Crippen LogP contribution in [0.1, 0.15) is 32.1 Å². The SMILES string of the molecule is Clc1cc(N(CCC2CCOCC2)C2CC2)ccc1-c1ccccc1. The topological polar surface area (TPSA) is 12.5 Å². The van der Waals surface area contributed by atoms with Crippen molar-refractivity contribution in [2.75, 3.05) is 24.7 Å². The van der Waals surface area contributed by atoms with Gasteiger partial charge >= 0.3 is 0 Å². The van der Waals surface area contributed by atoms with Gasteiger partial charge in [-0.25, -0.2) is 0 Å². The maximum atomic E-state index is 6.64. The zero-order valence-corrected chi connectivity index (χ0v) is 15.4. The van der Waals surface area contributed by atoms with E-state index in [4.69, 9.17) is 16.3 Å². The fraction of sp³-hybridized carbons (Fsp3) is 0.455. The predicted molar refractivity (Wildman–Crippen MR) is 105 cm³/mol. The molecule has 0 bridgehead atoms. The molecule has 3 heteroatoms. The molecule has 1 saturated heterocycles. The molecule has 1 heterocycles. The molecule has 0 aromatic heterocycles. The number of benzene rings is 2. The second kappa shape index (κ2) is 7.80. The van der Waals surface area contributed by atoms with Gasteiger partial charge in [-0.3, -0.25) is 0 Å². The lowest BCUT2D eigenvalue weighted by Gasteiger charge is -2.29. The molecule has 4 rings (SSSR count). The second-order valence-corrected chi connectivity index (χ2v) is 7.71. The van der Waals surface area contributed by atoms with E-state index in [1.165, 1.54) is 43.4 Å². The van der Waals surface area contributed by atoms with E-state index in [1.54, 1.807) is 0 Å². The first kappa shape index (κ1) is 16.9. The molecule has 2 aromatic carbocycles. The number of hydrogen-bond donors (Lipinski definition) is 0.